The van der Waals surface area contributed by atoms with Crippen LogP contribution in [0.3, 0.4) is 0 Å². The molecule has 2 rings (SSSR count). The lowest BCUT2D eigenvalue weighted by atomic mass is 10.0. The van der Waals surface area contributed by atoms with Crippen molar-refractivity contribution in [3.8, 4) is 11.3 Å². The van der Waals surface area contributed by atoms with Crippen LogP contribution >= 0.6 is 0 Å². The number of benzene rings is 1. The average Bonchev–Trinajstić information content (AvgIpc) is 2.54. The van der Waals surface area contributed by atoms with E-state index in [4.69, 9.17) is 0 Å². The maximum absolute atomic E-state index is 12.2. The maximum Gasteiger partial charge on any atom is 0.251 e. The number of carbonyl (C=O) groups is 1. The predicted octanol–water partition coefficient (Wildman–Crippen LogP) is 2.52. The molecule has 0 radical (unpaired) electrons. The Morgan fingerprint density at radius 3 is 2.87 bits per heavy atom. The van der Waals surface area contributed by atoms with Gasteiger partial charge in [-0.25, -0.2) is 9.97 Å². The SMILES string of the molecule is CCCc1cnc(C)nc1-c1cccc(C(=O)NC[C@H](C)O)c1. The molecule has 1 atom stereocenters. The number of carbonyl (C=O) groups excluding carboxylic acids is 1. The lowest BCUT2D eigenvalue weighted by Gasteiger charge is -2.11. The number of nitrogens with zero attached hydrogens (tertiary/aromatic N) is 2. The summed E-state index contributed by atoms with van der Waals surface area (Å²) in [7, 11) is 0. The molecular formula is C18H23N3O2. The highest BCUT2D eigenvalue weighted by Gasteiger charge is 2.11. The molecule has 122 valence electrons. The van der Waals surface area contributed by atoms with Crippen molar-refractivity contribution >= 4 is 5.91 Å². The van der Waals surface area contributed by atoms with Crippen LogP contribution in [-0.4, -0.2) is 33.6 Å². The van der Waals surface area contributed by atoms with Gasteiger partial charge in [0.25, 0.3) is 5.91 Å². The molecule has 0 aliphatic rings. The Hall–Kier alpha value is -2.27. The van der Waals surface area contributed by atoms with E-state index < -0.39 is 6.10 Å². The van der Waals surface area contributed by atoms with Crippen molar-refractivity contribution in [2.45, 2.75) is 39.7 Å². The van der Waals surface area contributed by atoms with E-state index in [1.54, 1.807) is 13.0 Å². The summed E-state index contributed by atoms with van der Waals surface area (Å²) in [5.41, 5.74) is 3.43. The summed E-state index contributed by atoms with van der Waals surface area (Å²) in [6.45, 7) is 5.84. The van der Waals surface area contributed by atoms with E-state index >= 15 is 0 Å². The van der Waals surface area contributed by atoms with E-state index in [2.05, 4.69) is 22.2 Å². The maximum atomic E-state index is 12.2. The van der Waals surface area contributed by atoms with E-state index in [0.29, 0.717) is 11.4 Å². The van der Waals surface area contributed by atoms with Crippen LogP contribution in [0.1, 0.15) is 42.0 Å². The summed E-state index contributed by atoms with van der Waals surface area (Å²) in [5, 5.41) is 12.0. The molecule has 0 aliphatic heterocycles. The first-order valence-electron chi connectivity index (χ1n) is 7.90. The van der Waals surface area contributed by atoms with Crippen LogP contribution in [0.2, 0.25) is 0 Å². The van der Waals surface area contributed by atoms with Gasteiger partial charge in [0.2, 0.25) is 0 Å². The second kappa shape index (κ2) is 7.83. The summed E-state index contributed by atoms with van der Waals surface area (Å²) >= 11 is 0. The Balaban J connectivity index is 2.33. The molecule has 5 heteroatoms. The highest BCUT2D eigenvalue weighted by atomic mass is 16.3. The first-order chi connectivity index (χ1) is 11.0. The number of rotatable bonds is 6. The summed E-state index contributed by atoms with van der Waals surface area (Å²) in [6.07, 6.45) is 3.20. The van der Waals surface area contributed by atoms with Crippen LogP contribution in [0.5, 0.6) is 0 Å². The first kappa shape index (κ1) is 17.1. The number of nitrogens with one attached hydrogen (secondary N) is 1. The summed E-state index contributed by atoms with van der Waals surface area (Å²) in [6, 6.07) is 7.39. The molecule has 0 fully saturated rings. The lowest BCUT2D eigenvalue weighted by Crippen LogP contribution is -2.30. The van der Waals surface area contributed by atoms with Crippen molar-refractivity contribution in [2.24, 2.45) is 0 Å². The lowest BCUT2D eigenvalue weighted by molar-refractivity contribution is 0.0924. The molecule has 0 saturated heterocycles. The van der Waals surface area contributed by atoms with Gasteiger partial charge in [-0.15, -0.1) is 0 Å². The molecule has 23 heavy (non-hydrogen) atoms. The molecule has 5 nitrogen and oxygen atoms in total. The third-order valence-corrected chi connectivity index (χ3v) is 3.46. The predicted molar refractivity (Wildman–Crippen MR) is 90.2 cm³/mol. The second-order valence-corrected chi connectivity index (χ2v) is 5.68. The Morgan fingerprint density at radius 1 is 1.39 bits per heavy atom. The molecule has 1 aromatic heterocycles. The number of aliphatic hydroxyl groups is 1. The van der Waals surface area contributed by atoms with Gasteiger partial charge in [0.15, 0.2) is 0 Å². The topological polar surface area (TPSA) is 75.1 Å². The number of hydrogen-bond donors (Lipinski definition) is 2. The number of aryl methyl sites for hydroxylation is 2. The van der Waals surface area contributed by atoms with Gasteiger partial charge in [0.05, 0.1) is 11.8 Å². The molecule has 0 saturated carbocycles. The van der Waals surface area contributed by atoms with Gasteiger partial charge in [-0.05, 0) is 38.0 Å². The Kier molecular flexibility index (Phi) is 5.82. The molecule has 1 heterocycles. The molecule has 0 unspecified atom stereocenters. The monoisotopic (exact) mass is 313 g/mol. The molecule has 2 aromatic rings. The Bertz CT molecular complexity index is 684. The molecule has 1 aromatic carbocycles. The Labute approximate surface area is 136 Å². The number of aromatic nitrogens is 2. The van der Waals surface area contributed by atoms with Crippen molar-refractivity contribution in [2.75, 3.05) is 6.54 Å². The number of hydrogen-bond acceptors (Lipinski definition) is 4. The minimum absolute atomic E-state index is 0.199. The van der Waals surface area contributed by atoms with Crippen molar-refractivity contribution in [3.05, 3.63) is 47.4 Å². The zero-order chi connectivity index (χ0) is 16.8. The van der Waals surface area contributed by atoms with Gasteiger partial charge >= 0.3 is 0 Å². The van der Waals surface area contributed by atoms with Gasteiger partial charge in [-0.3, -0.25) is 4.79 Å². The van der Waals surface area contributed by atoms with Crippen molar-refractivity contribution in [3.63, 3.8) is 0 Å². The molecule has 0 spiro atoms. The first-order valence-corrected chi connectivity index (χ1v) is 7.90. The third kappa shape index (κ3) is 4.60. The molecule has 1 amide bonds. The Morgan fingerprint density at radius 2 is 2.17 bits per heavy atom. The zero-order valence-corrected chi connectivity index (χ0v) is 13.8. The standard InChI is InChI=1S/C18H23N3O2/c1-4-6-16-11-19-13(3)21-17(16)14-7-5-8-15(9-14)18(23)20-10-12(2)22/h5,7-9,11-12,22H,4,6,10H2,1-3H3,(H,20,23)/t12-/m0/s1. The minimum Gasteiger partial charge on any atom is -0.392 e. The van der Waals surface area contributed by atoms with Crippen LogP contribution < -0.4 is 5.32 Å². The average molecular weight is 313 g/mol. The fraction of sp³-hybridized carbons (Fsp3) is 0.389. The van der Waals surface area contributed by atoms with Crippen LogP contribution in [0.25, 0.3) is 11.3 Å². The molecular weight excluding hydrogens is 290 g/mol. The quantitative estimate of drug-likeness (QED) is 0.859. The summed E-state index contributed by atoms with van der Waals surface area (Å²) in [4.78, 5) is 21.0. The van der Waals surface area contributed by atoms with E-state index in [9.17, 15) is 9.90 Å². The van der Waals surface area contributed by atoms with Crippen LogP contribution in [0.15, 0.2) is 30.5 Å². The summed E-state index contributed by atoms with van der Waals surface area (Å²) < 4.78 is 0. The van der Waals surface area contributed by atoms with E-state index in [1.165, 1.54) is 0 Å². The van der Waals surface area contributed by atoms with E-state index in [1.807, 2.05) is 31.3 Å². The van der Waals surface area contributed by atoms with Crippen molar-refractivity contribution < 1.29 is 9.90 Å². The molecule has 0 bridgehead atoms. The zero-order valence-electron chi connectivity index (χ0n) is 13.8. The fourth-order valence-corrected chi connectivity index (χ4v) is 2.35. The van der Waals surface area contributed by atoms with Crippen LogP contribution in [0.4, 0.5) is 0 Å². The van der Waals surface area contributed by atoms with Crippen molar-refractivity contribution in [1.29, 1.82) is 0 Å². The second-order valence-electron chi connectivity index (χ2n) is 5.68. The fourth-order valence-electron chi connectivity index (χ4n) is 2.35. The number of amides is 1. The van der Waals surface area contributed by atoms with Crippen LogP contribution in [-0.2, 0) is 6.42 Å². The molecule has 2 N–H and O–H groups in total. The minimum atomic E-state index is -0.567. The van der Waals surface area contributed by atoms with Gasteiger partial charge in [0, 0.05) is 23.9 Å². The van der Waals surface area contributed by atoms with Gasteiger partial charge in [-0.1, -0.05) is 25.5 Å². The van der Waals surface area contributed by atoms with E-state index in [-0.39, 0.29) is 12.5 Å². The highest BCUT2D eigenvalue weighted by molar-refractivity contribution is 5.95. The van der Waals surface area contributed by atoms with E-state index in [0.717, 1.165) is 29.7 Å². The van der Waals surface area contributed by atoms with Gasteiger partial charge in [-0.2, -0.15) is 0 Å². The third-order valence-electron chi connectivity index (χ3n) is 3.46. The smallest absolute Gasteiger partial charge is 0.251 e. The largest absolute Gasteiger partial charge is 0.392 e. The van der Waals surface area contributed by atoms with Gasteiger partial charge in [0.1, 0.15) is 5.82 Å². The van der Waals surface area contributed by atoms with Crippen molar-refractivity contribution in [1.82, 2.24) is 15.3 Å². The molecule has 0 aliphatic carbocycles. The normalized spacial score (nSPS) is 12.0. The van der Waals surface area contributed by atoms with Crippen LogP contribution in [0, 0.1) is 6.92 Å². The summed E-state index contributed by atoms with van der Waals surface area (Å²) in [5.74, 6) is 0.513. The highest BCUT2D eigenvalue weighted by Crippen LogP contribution is 2.23. The number of aliphatic hydroxyl groups excluding tert-OH is 1. The van der Waals surface area contributed by atoms with Gasteiger partial charge < -0.3 is 10.4 Å².